The quantitative estimate of drug-likeness (QED) is 0.567. The number of anilines is 1. The summed E-state index contributed by atoms with van der Waals surface area (Å²) in [7, 11) is 0. The van der Waals surface area contributed by atoms with Crippen LogP contribution in [-0.2, 0) is 4.79 Å². The minimum absolute atomic E-state index is 0.0822. The van der Waals surface area contributed by atoms with Gasteiger partial charge in [-0.25, -0.2) is 4.98 Å². The molecule has 76 valence electrons. The Morgan fingerprint density at radius 1 is 1.79 bits per heavy atom. The van der Waals surface area contributed by atoms with Gasteiger partial charge in [-0.1, -0.05) is 6.08 Å². The van der Waals surface area contributed by atoms with Crippen molar-refractivity contribution in [3.8, 4) is 0 Å². The second-order valence-electron chi connectivity index (χ2n) is 2.76. The number of nitrogens with zero attached hydrogens (tertiary/aromatic N) is 1. The predicted molar refractivity (Wildman–Crippen MR) is 58.5 cm³/mol. The van der Waals surface area contributed by atoms with Crippen LogP contribution < -0.4 is 10.6 Å². The highest BCUT2D eigenvalue weighted by molar-refractivity contribution is 7.13. The summed E-state index contributed by atoms with van der Waals surface area (Å²) in [6.45, 7) is 6.34. The zero-order valence-electron chi connectivity index (χ0n) is 8.04. The first kappa shape index (κ1) is 10.9. The van der Waals surface area contributed by atoms with Gasteiger partial charge in [0.05, 0.1) is 12.2 Å². The average Bonchev–Trinajstić information content (AvgIpc) is 2.52. The van der Waals surface area contributed by atoms with Crippen LogP contribution in [0.3, 0.4) is 0 Å². The van der Waals surface area contributed by atoms with Gasteiger partial charge in [0.2, 0.25) is 5.91 Å². The molecule has 0 atom stereocenters. The third-order valence-corrected chi connectivity index (χ3v) is 2.32. The number of hydrogen-bond donors (Lipinski definition) is 2. The molecule has 4 nitrogen and oxygen atoms in total. The summed E-state index contributed by atoms with van der Waals surface area (Å²) in [5.41, 5.74) is 0.921. The summed E-state index contributed by atoms with van der Waals surface area (Å²) in [5.74, 6) is -0.0822. The van der Waals surface area contributed by atoms with E-state index in [0.717, 1.165) is 5.69 Å². The van der Waals surface area contributed by atoms with Crippen LogP contribution in [0.5, 0.6) is 0 Å². The summed E-state index contributed by atoms with van der Waals surface area (Å²) in [6.07, 6.45) is 1.71. The molecule has 5 heteroatoms. The fourth-order valence-electron chi connectivity index (χ4n) is 0.863. The lowest BCUT2D eigenvalue weighted by molar-refractivity contribution is -0.115. The first-order valence-corrected chi connectivity index (χ1v) is 5.14. The molecular weight excluding hydrogens is 198 g/mol. The Hall–Kier alpha value is -1.20. The molecule has 2 N–H and O–H groups in total. The van der Waals surface area contributed by atoms with Crippen molar-refractivity contribution < 1.29 is 4.79 Å². The average molecular weight is 211 g/mol. The molecule has 1 heterocycles. The lowest BCUT2D eigenvalue weighted by atomic mass is 10.5. The van der Waals surface area contributed by atoms with Crippen molar-refractivity contribution in [3.63, 3.8) is 0 Å². The molecule has 0 bridgehead atoms. The van der Waals surface area contributed by atoms with E-state index in [1.807, 2.05) is 12.3 Å². The molecule has 1 rings (SSSR count). The maximum absolute atomic E-state index is 11.3. The Bertz CT molecular complexity index is 322. The fraction of sp³-hybridized carbons (Fsp3) is 0.333. The number of carbonyl (C=O) groups is 1. The molecule has 1 amide bonds. The SMILES string of the molecule is C=CCNCC(=O)Nc1nc(C)cs1. The number of hydrogen-bond acceptors (Lipinski definition) is 4. The van der Waals surface area contributed by atoms with Crippen molar-refractivity contribution in [3.05, 3.63) is 23.7 Å². The molecule has 14 heavy (non-hydrogen) atoms. The Kier molecular flexibility index (Phi) is 4.28. The highest BCUT2D eigenvalue weighted by atomic mass is 32.1. The van der Waals surface area contributed by atoms with E-state index in [1.165, 1.54) is 11.3 Å². The molecule has 0 unspecified atom stereocenters. The van der Waals surface area contributed by atoms with Crippen molar-refractivity contribution in [1.82, 2.24) is 10.3 Å². The molecule has 0 fully saturated rings. The Morgan fingerprint density at radius 2 is 2.57 bits per heavy atom. The Balaban J connectivity index is 2.30. The van der Waals surface area contributed by atoms with Gasteiger partial charge < -0.3 is 10.6 Å². The largest absolute Gasteiger partial charge is 0.305 e. The molecule has 0 spiro atoms. The van der Waals surface area contributed by atoms with Gasteiger partial charge in [0.15, 0.2) is 5.13 Å². The first-order valence-electron chi connectivity index (χ1n) is 4.26. The van der Waals surface area contributed by atoms with E-state index in [1.54, 1.807) is 6.08 Å². The van der Waals surface area contributed by atoms with Gasteiger partial charge in [0, 0.05) is 11.9 Å². The number of carbonyl (C=O) groups excluding carboxylic acids is 1. The van der Waals surface area contributed by atoms with Crippen molar-refractivity contribution in [2.75, 3.05) is 18.4 Å². The van der Waals surface area contributed by atoms with Crippen LogP contribution in [0.25, 0.3) is 0 Å². The number of aryl methyl sites for hydroxylation is 1. The molecule has 0 aliphatic carbocycles. The monoisotopic (exact) mass is 211 g/mol. The number of nitrogens with one attached hydrogen (secondary N) is 2. The van der Waals surface area contributed by atoms with Gasteiger partial charge in [-0.3, -0.25) is 4.79 Å². The third-order valence-electron chi connectivity index (χ3n) is 1.44. The van der Waals surface area contributed by atoms with Crippen LogP contribution in [0.1, 0.15) is 5.69 Å². The highest BCUT2D eigenvalue weighted by Crippen LogP contribution is 2.13. The molecule has 0 aliphatic heterocycles. The van der Waals surface area contributed by atoms with Crippen molar-refractivity contribution in [2.45, 2.75) is 6.92 Å². The van der Waals surface area contributed by atoms with Gasteiger partial charge in [-0.05, 0) is 6.92 Å². The van der Waals surface area contributed by atoms with Crippen molar-refractivity contribution in [2.24, 2.45) is 0 Å². The smallest absolute Gasteiger partial charge is 0.240 e. The number of aromatic nitrogens is 1. The van der Waals surface area contributed by atoms with Crippen LogP contribution in [0.2, 0.25) is 0 Å². The van der Waals surface area contributed by atoms with Gasteiger partial charge in [0.25, 0.3) is 0 Å². The zero-order chi connectivity index (χ0) is 10.4. The van der Waals surface area contributed by atoms with E-state index >= 15 is 0 Å². The zero-order valence-corrected chi connectivity index (χ0v) is 8.86. The van der Waals surface area contributed by atoms with E-state index < -0.39 is 0 Å². The van der Waals surface area contributed by atoms with Crippen LogP contribution in [-0.4, -0.2) is 24.0 Å². The lowest BCUT2D eigenvalue weighted by Crippen LogP contribution is -2.27. The Labute approximate surface area is 87.1 Å². The summed E-state index contributed by atoms with van der Waals surface area (Å²) in [4.78, 5) is 15.4. The maximum atomic E-state index is 11.3. The first-order chi connectivity index (χ1) is 6.72. The minimum atomic E-state index is -0.0822. The number of rotatable bonds is 5. The molecule has 0 aliphatic rings. The normalized spacial score (nSPS) is 9.79. The van der Waals surface area contributed by atoms with Crippen molar-refractivity contribution >= 4 is 22.4 Å². The van der Waals surface area contributed by atoms with Gasteiger partial charge in [-0.15, -0.1) is 17.9 Å². The minimum Gasteiger partial charge on any atom is -0.305 e. The molecule has 0 radical (unpaired) electrons. The van der Waals surface area contributed by atoms with E-state index in [0.29, 0.717) is 11.7 Å². The molecule has 0 saturated carbocycles. The molecule has 1 aromatic heterocycles. The van der Waals surface area contributed by atoms with Gasteiger partial charge in [0.1, 0.15) is 0 Å². The van der Waals surface area contributed by atoms with E-state index in [9.17, 15) is 4.79 Å². The molecule has 0 saturated heterocycles. The summed E-state index contributed by atoms with van der Waals surface area (Å²) >= 11 is 1.43. The lowest BCUT2D eigenvalue weighted by Gasteiger charge is -2.01. The molecular formula is C9H13N3OS. The predicted octanol–water partition coefficient (Wildman–Crippen LogP) is 1.17. The van der Waals surface area contributed by atoms with Crippen LogP contribution in [0.15, 0.2) is 18.0 Å². The van der Waals surface area contributed by atoms with E-state index in [4.69, 9.17) is 0 Å². The van der Waals surface area contributed by atoms with Gasteiger partial charge in [-0.2, -0.15) is 0 Å². The van der Waals surface area contributed by atoms with Gasteiger partial charge >= 0.3 is 0 Å². The summed E-state index contributed by atoms with van der Waals surface area (Å²) < 4.78 is 0. The summed E-state index contributed by atoms with van der Waals surface area (Å²) in [5, 5.41) is 8.14. The van der Waals surface area contributed by atoms with Crippen LogP contribution in [0.4, 0.5) is 5.13 Å². The third kappa shape index (κ3) is 3.68. The van der Waals surface area contributed by atoms with E-state index in [2.05, 4.69) is 22.2 Å². The second kappa shape index (κ2) is 5.51. The maximum Gasteiger partial charge on any atom is 0.240 e. The fourth-order valence-corrected chi connectivity index (χ4v) is 1.57. The number of amides is 1. The standard InChI is InChI=1S/C9H13N3OS/c1-3-4-10-5-8(13)12-9-11-7(2)6-14-9/h3,6,10H,1,4-5H2,2H3,(H,11,12,13). The highest BCUT2D eigenvalue weighted by Gasteiger charge is 2.03. The van der Waals surface area contributed by atoms with Crippen molar-refractivity contribution in [1.29, 1.82) is 0 Å². The molecule has 1 aromatic rings. The molecule has 0 aromatic carbocycles. The van der Waals surface area contributed by atoms with E-state index in [-0.39, 0.29) is 12.5 Å². The Morgan fingerprint density at radius 3 is 3.14 bits per heavy atom. The van der Waals surface area contributed by atoms with Crippen LogP contribution in [0, 0.1) is 6.92 Å². The summed E-state index contributed by atoms with van der Waals surface area (Å²) in [6, 6.07) is 0. The second-order valence-corrected chi connectivity index (χ2v) is 3.62. The van der Waals surface area contributed by atoms with Crippen LogP contribution >= 0.6 is 11.3 Å². The number of thiazole rings is 1. The topological polar surface area (TPSA) is 54.0 Å².